The van der Waals surface area contributed by atoms with Crippen LogP contribution >= 0.6 is 0 Å². The lowest BCUT2D eigenvalue weighted by Crippen LogP contribution is -2.28. The van der Waals surface area contributed by atoms with E-state index in [4.69, 9.17) is 20.4 Å². The maximum Gasteiger partial charge on any atom is 0.275 e. The second-order valence-corrected chi connectivity index (χ2v) is 2.38. The number of aliphatic hydroxyl groups is 4. The van der Waals surface area contributed by atoms with E-state index in [1.165, 1.54) is 0 Å². The Labute approximate surface area is 59.7 Å². The highest BCUT2D eigenvalue weighted by Gasteiger charge is 2.18. The summed E-state index contributed by atoms with van der Waals surface area (Å²) in [5, 5.41) is 34.0. The second kappa shape index (κ2) is 3.88. The second-order valence-electron chi connectivity index (χ2n) is 2.38. The summed E-state index contributed by atoms with van der Waals surface area (Å²) in [4.78, 5) is 0. The van der Waals surface area contributed by atoms with Gasteiger partial charge in [0.1, 0.15) is 0 Å². The molecule has 1 atom stereocenters. The highest BCUT2D eigenvalue weighted by molar-refractivity contribution is 4.55. The molecule has 62 valence electrons. The number of hydrogen-bond donors (Lipinski definition) is 4. The first-order chi connectivity index (χ1) is 4.45. The molecule has 0 aromatic heterocycles. The first kappa shape index (κ1) is 9.84. The van der Waals surface area contributed by atoms with Gasteiger partial charge in [-0.2, -0.15) is 0 Å². The summed E-state index contributed by atoms with van der Waals surface area (Å²) in [5.41, 5.74) is 0. The van der Waals surface area contributed by atoms with E-state index in [-0.39, 0.29) is 12.8 Å². The summed E-state index contributed by atoms with van der Waals surface area (Å²) in [6, 6.07) is 0. The molecule has 4 heteroatoms. The topological polar surface area (TPSA) is 80.9 Å². The molecule has 4 N–H and O–H groups in total. The molecule has 0 aliphatic rings. The average Bonchev–Trinajstić information content (AvgIpc) is 1.81. The van der Waals surface area contributed by atoms with Gasteiger partial charge in [-0.15, -0.1) is 0 Å². The van der Waals surface area contributed by atoms with Gasteiger partial charge in [0.15, 0.2) is 0 Å². The van der Waals surface area contributed by atoms with Crippen LogP contribution in [0.4, 0.5) is 0 Å². The Kier molecular flexibility index (Phi) is 3.81. The maximum atomic E-state index is 8.89. The third-order valence-corrected chi connectivity index (χ3v) is 1.28. The van der Waals surface area contributed by atoms with Gasteiger partial charge < -0.3 is 20.4 Å². The zero-order valence-electron chi connectivity index (χ0n) is 5.99. The van der Waals surface area contributed by atoms with E-state index in [0.29, 0.717) is 6.42 Å². The van der Waals surface area contributed by atoms with Crippen molar-refractivity contribution in [2.24, 2.45) is 0 Å². The SMILES string of the molecule is CCC(O)CCC(O)(O)O. The molecule has 0 aromatic carbocycles. The van der Waals surface area contributed by atoms with Crippen LogP contribution in [0.15, 0.2) is 0 Å². The lowest BCUT2D eigenvalue weighted by molar-refractivity contribution is -0.316. The third-order valence-electron chi connectivity index (χ3n) is 1.28. The van der Waals surface area contributed by atoms with Crippen LogP contribution in [-0.2, 0) is 0 Å². The zero-order chi connectivity index (χ0) is 8.20. The standard InChI is InChI=1S/C6H14O4/c1-2-5(7)3-4-6(8,9)10/h5,7-10H,2-4H2,1H3. The predicted octanol–water partition coefficient (Wildman–Crippen LogP) is -0.832. The zero-order valence-corrected chi connectivity index (χ0v) is 5.99. The Bertz CT molecular complexity index is 86.2. The van der Waals surface area contributed by atoms with Crippen LogP contribution in [0.5, 0.6) is 0 Å². The predicted molar refractivity (Wildman–Crippen MR) is 34.9 cm³/mol. The van der Waals surface area contributed by atoms with Crippen molar-refractivity contribution in [3.05, 3.63) is 0 Å². The fourth-order valence-corrected chi connectivity index (χ4v) is 0.564. The Morgan fingerprint density at radius 3 is 2.10 bits per heavy atom. The smallest absolute Gasteiger partial charge is 0.275 e. The van der Waals surface area contributed by atoms with Crippen LogP contribution in [0.2, 0.25) is 0 Å². The van der Waals surface area contributed by atoms with Crippen LogP contribution in [0.1, 0.15) is 26.2 Å². The molecule has 0 aliphatic heterocycles. The molecular weight excluding hydrogens is 136 g/mol. The summed E-state index contributed by atoms with van der Waals surface area (Å²) in [7, 11) is 0. The van der Waals surface area contributed by atoms with Crippen molar-refractivity contribution in [1.29, 1.82) is 0 Å². The van der Waals surface area contributed by atoms with Crippen molar-refractivity contribution in [1.82, 2.24) is 0 Å². The van der Waals surface area contributed by atoms with E-state index in [2.05, 4.69) is 0 Å². The van der Waals surface area contributed by atoms with Crippen molar-refractivity contribution in [3.63, 3.8) is 0 Å². The largest absolute Gasteiger partial charge is 0.393 e. The van der Waals surface area contributed by atoms with Gasteiger partial charge in [0, 0.05) is 6.42 Å². The third kappa shape index (κ3) is 5.97. The molecule has 0 bridgehead atoms. The van der Waals surface area contributed by atoms with Gasteiger partial charge in [0.2, 0.25) is 0 Å². The van der Waals surface area contributed by atoms with Gasteiger partial charge in [0.05, 0.1) is 6.10 Å². The van der Waals surface area contributed by atoms with Gasteiger partial charge in [-0.3, -0.25) is 0 Å². The number of rotatable bonds is 4. The molecule has 4 nitrogen and oxygen atoms in total. The number of hydrogen-bond acceptors (Lipinski definition) is 4. The minimum Gasteiger partial charge on any atom is -0.393 e. The summed E-state index contributed by atoms with van der Waals surface area (Å²) in [6.07, 6.45) is -0.0382. The van der Waals surface area contributed by atoms with Crippen molar-refractivity contribution in [3.8, 4) is 0 Å². The molecular formula is C6H14O4. The van der Waals surface area contributed by atoms with E-state index in [1.807, 2.05) is 0 Å². The minimum atomic E-state index is -2.63. The average molecular weight is 150 g/mol. The van der Waals surface area contributed by atoms with Gasteiger partial charge in [-0.1, -0.05) is 6.92 Å². The monoisotopic (exact) mass is 150 g/mol. The Morgan fingerprint density at radius 2 is 1.80 bits per heavy atom. The first-order valence-corrected chi connectivity index (χ1v) is 3.31. The summed E-state index contributed by atoms with van der Waals surface area (Å²) in [5.74, 6) is -2.63. The minimum absolute atomic E-state index is 0.194. The molecule has 0 amide bonds. The van der Waals surface area contributed by atoms with Crippen molar-refractivity contribution in [2.75, 3.05) is 0 Å². The van der Waals surface area contributed by atoms with Crippen LogP contribution in [0.3, 0.4) is 0 Å². The molecule has 0 spiro atoms. The van der Waals surface area contributed by atoms with Gasteiger partial charge >= 0.3 is 0 Å². The van der Waals surface area contributed by atoms with Crippen LogP contribution in [0.25, 0.3) is 0 Å². The lowest BCUT2D eigenvalue weighted by atomic mass is 10.1. The van der Waals surface area contributed by atoms with E-state index in [1.54, 1.807) is 6.92 Å². The fraction of sp³-hybridized carbons (Fsp3) is 1.00. The summed E-state index contributed by atoms with van der Waals surface area (Å²) < 4.78 is 0. The highest BCUT2D eigenvalue weighted by atomic mass is 16.7. The summed E-state index contributed by atoms with van der Waals surface area (Å²) >= 11 is 0. The van der Waals surface area contributed by atoms with E-state index in [9.17, 15) is 0 Å². The van der Waals surface area contributed by atoms with Crippen LogP contribution in [-0.4, -0.2) is 32.5 Å². The normalized spacial score (nSPS) is 15.3. The highest BCUT2D eigenvalue weighted by Crippen LogP contribution is 2.08. The molecule has 0 radical (unpaired) electrons. The van der Waals surface area contributed by atoms with E-state index in [0.717, 1.165) is 0 Å². The molecule has 0 fully saturated rings. The molecule has 0 saturated heterocycles. The molecule has 0 rings (SSSR count). The first-order valence-electron chi connectivity index (χ1n) is 3.31. The molecule has 0 saturated carbocycles. The molecule has 1 unspecified atom stereocenters. The fourth-order valence-electron chi connectivity index (χ4n) is 0.564. The van der Waals surface area contributed by atoms with Crippen LogP contribution in [0, 0.1) is 0 Å². The Hall–Kier alpha value is -0.160. The molecule has 0 aliphatic carbocycles. The van der Waals surface area contributed by atoms with Crippen molar-refractivity contribution in [2.45, 2.75) is 38.3 Å². The Balaban J connectivity index is 3.36. The van der Waals surface area contributed by atoms with E-state index >= 15 is 0 Å². The lowest BCUT2D eigenvalue weighted by Gasteiger charge is -2.15. The number of aliphatic hydroxyl groups excluding tert-OH is 1. The van der Waals surface area contributed by atoms with Crippen LogP contribution < -0.4 is 0 Å². The van der Waals surface area contributed by atoms with Gasteiger partial charge in [0.25, 0.3) is 5.97 Å². The Morgan fingerprint density at radius 1 is 1.30 bits per heavy atom. The van der Waals surface area contributed by atoms with Gasteiger partial charge in [-0.25, -0.2) is 0 Å². The van der Waals surface area contributed by atoms with E-state index < -0.39 is 12.1 Å². The molecule has 10 heavy (non-hydrogen) atoms. The van der Waals surface area contributed by atoms with Crippen molar-refractivity contribution >= 4 is 0 Å². The molecule has 0 heterocycles. The molecule has 0 aromatic rings. The quantitative estimate of drug-likeness (QED) is 0.394. The summed E-state index contributed by atoms with van der Waals surface area (Å²) in [6.45, 7) is 1.78. The van der Waals surface area contributed by atoms with Gasteiger partial charge in [-0.05, 0) is 12.8 Å². The van der Waals surface area contributed by atoms with Crippen molar-refractivity contribution < 1.29 is 20.4 Å². The maximum absolute atomic E-state index is 8.89.